The molecule has 0 saturated carbocycles. The number of carbonyl (C=O) groups is 1. The normalized spacial score (nSPS) is 17.1. The van der Waals surface area contributed by atoms with Crippen LogP contribution in [0.2, 0.25) is 0 Å². The van der Waals surface area contributed by atoms with Gasteiger partial charge in [-0.2, -0.15) is 13.2 Å². The fourth-order valence-corrected chi connectivity index (χ4v) is 2.55. The van der Waals surface area contributed by atoms with Gasteiger partial charge in [0.15, 0.2) is 0 Å². The Morgan fingerprint density at radius 1 is 1.29 bits per heavy atom. The van der Waals surface area contributed by atoms with Crippen LogP contribution >= 0.6 is 0 Å². The molecule has 0 radical (unpaired) electrons. The summed E-state index contributed by atoms with van der Waals surface area (Å²) in [6, 6.07) is -2.18. The Morgan fingerprint density at radius 2 is 1.81 bits per heavy atom. The van der Waals surface area contributed by atoms with Crippen LogP contribution in [0, 0.1) is 5.92 Å². The summed E-state index contributed by atoms with van der Waals surface area (Å²) < 4.78 is 57.3. The van der Waals surface area contributed by atoms with Crippen molar-refractivity contribution in [2.75, 3.05) is 7.11 Å². The number of halogens is 3. The zero-order valence-electron chi connectivity index (χ0n) is 13.0. The van der Waals surface area contributed by atoms with Crippen molar-refractivity contribution in [3.05, 3.63) is 0 Å². The Bertz CT molecular complexity index is 367. The summed E-state index contributed by atoms with van der Waals surface area (Å²) in [6.45, 7) is 6.49. The average Bonchev–Trinajstić information content (AvgIpc) is 2.34. The number of nitrogens with one attached hydrogen (secondary N) is 1. The third kappa shape index (κ3) is 6.78. The standard InChI is InChI=1S/C13H24F3NO3S/c1-6-7-8-9(11(18)20-5)10(13(14,15)16)17-21(19)12(2,3)4/h9-10,17H,6-8H2,1-5H3/t9-,10-,21-/m1/s1. The van der Waals surface area contributed by atoms with Crippen molar-refractivity contribution in [2.45, 2.75) is 63.9 Å². The van der Waals surface area contributed by atoms with Crippen LogP contribution in [0.25, 0.3) is 0 Å². The highest BCUT2D eigenvalue weighted by Crippen LogP contribution is 2.30. The second kappa shape index (κ2) is 8.12. The SMILES string of the molecule is CCCC[C@@H](C(=O)OC)[C@@H](N[S@](=O)C(C)(C)C)C(F)(F)F. The van der Waals surface area contributed by atoms with E-state index < -0.39 is 39.8 Å². The first-order valence-electron chi connectivity index (χ1n) is 6.77. The van der Waals surface area contributed by atoms with E-state index >= 15 is 0 Å². The molecule has 0 unspecified atom stereocenters. The van der Waals surface area contributed by atoms with E-state index in [-0.39, 0.29) is 6.42 Å². The maximum absolute atomic E-state index is 13.2. The summed E-state index contributed by atoms with van der Waals surface area (Å²) in [5.41, 5.74) is 0. The molecule has 0 aromatic carbocycles. The third-order valence-corrected chi connectivity index (χ3v) is 4.50. The van der Waals surface area contributed by atoms with Crippen LogP contribution in [0.3, 0.4) is 0 Å². The summed E-state index contributed by atoms with van der Waals surface area (Å²) in [5, 5.41) is 0. The summed E-state index contributed by atoms with van der Waals surface area (Å²) in [6.07, 6.45) is -3.55. The Balaban J connectivity index is 5.34. The van der Waals surface area contributed by atoms with E-state index in [2.05, 4.69) is 9.46 Å². The molecule has 0 saturated heterocycles. The van der Waals surface area contributed by atoms with Crippen molar-refractivity contribution in [1.29, 1.82) is 0 Å². The first-order chi connectivity index (χ1) is 9.45. The van der Waals surface area contributed by atoms with Gasteiger partial charge in [-0.1, -0.05) is 19.8 Å². The van der Waals surface area contributed by atoms with Crippen LogP contribution in [0.15, 0.2) is 0 Å². The van der Waals surface area contributed by atoms with Gasteiger partial charge in [0.25, 0.3) is 0 Å². The Labute approximate surface area is 126 Å². The predicted molar refractivity (Wildman–Crippen MR) is 75.9 cm³/mol. The summed E-state index contributed by atoms with van der Waals surface area (Å²) in [5.74, 6) is -2.34. The van der Waals surface area contributed by atoms with Crippen molar-refractivity contribution in [2.24, 2.45) is 5.92 Å². The van der Waals surface area contributed by atoms with Gasteiger partial charge in [-0.3, -0.25) is 4.79 Å². The van der Waals surface area contributed by atoms with Gasteiger partial charge in [-0.05, 0) is 27.2 Å². The Hall–Kier alpha value is -0.630. The molecular formula is C13H24F3NO3S. The molecule has 3 atom stereocenters. The predicted octanol–water partition coefficient (Wildman–Crippen LogP) is 2.95. The number of rotatable bonds is 7. The molecule has 0 aliphatic rings. The van der Waals surface area contributed by atoms with Crippen LogP contribution in [0.1, 0.15) is 47.0 Å². The Kier molecular flexibility index (Phi) is 7.88. The number of carbonyl (C=O) groups excluding carboxylic acids is 1. The zero-order chi connectivity index (χ0) is 16.8. The maximum atomic E-state index is 13.2. The monoisotopic (exact) mass is 331 g/mol. The van der Waals surface area contributed by atoms with Crippen molar-refractivity contribution < 1.29 is 26.9 Å². The third-order valence-electron chi connectivity index (χ3n) is 2.92. The topological polar surface area (TPSA) is 55.4 Å². The smallest absolute Gasteiger partial charge is 0.405 e. The molecule has 0 bridgehead atoms. The lowest BCUT2D eigenvalue weighted by atomic mass is 9.94. The molecule has 0 amide bonds. The summed E-state index contributed by atoms with van der Waals surface area (Å²) >= 11 is 0. The zero-order valence-corrected chi connectivity index (χ0v) is 13.9. The fraction of sp³-hybridized carbons (Fsp3) is 0.923. The molecule has 4 nitrogen and oxygen atoms in total. The first kappa shape index (κ1) is 20.4. The van der Waals surface area contributed by atoms with Gasteiger partial charge in [0, 0.05) is 0 Å². The molecular weight excluding hydrogens is 307 g/mol. The molecule has 21 heavy (non-hydrogen) atoms. The maximum Gasteiger partial charge on any atom is 0.405 e. The minimum absolute atomic E-state index is 0.0295. The van der Waals surface area contributed by atoms with Gasteiger partial charge in [0.2, 0.25) is 0 Å². The van der Waals surface area contributed by atoms with E-state index in [4.69, 9.17) is 0 Å². The van der Waals surface area contributed by atoms with Crippen molar-refractivity contribution in [3.8, 4) is 0 Å². The van der Waals surface area contributed by atoms with Gasteiger partial charge in [-0.15, -0.1) is 0 Å². The number of methoxy groups -OCH3 is 1. The van der Waals surface area contributed by atoms with Crippen molar-refractivity contribution in [3.63, 3.8) is 0 Å². The number of ether oxygens (including phenoxy) is 1. The van der Waals surface area contributed by atoms with Gasteiger partial charge < -0.3 is 4.74 Å². The molecule has 0 spiro atoms. The number of hydrogen-bond acceptors (Lipinski definition) is 3. The highest BCUT2D eigenvalue weighted by atomic mass is 32.2. The lowest BCUT2D eigenvalue weighted by Crippen LogP contribution is -2.53. The summed E-state index contributed by atoms with van der Waals surface area (Å²) in [4.78, 5) is 11.7. The van der Waals surface area contributed by atoms with Gasteiger partial charge in [0.1, 0.15) is 6.04 Å². The van der Waals surface area contributed by atoms with E-state index in [1.807, 2.05) is 6.92 Å². The van der Waals surface area contributed by atoms with Crippen LogP contribution in [-0.4, -0.2) is 34.3 Å². The van der Waals surface area contributed by atoms with Crippen molar-refractivity contribution in [1.82, 2.24) is 4.72 Å². The van der Waals surface area contributed by atoms with Gasteiger partial charge in [-0.25, -0.2) is 8.93 Å². The molecule has 0 aromatic heterocycles. The van der Waals surface area contributed by atoms with Crippen molar-refractivity contribution >= 4 is 17.0 Å². The van der Waals surface area contributed by atoms with Crippen LogP contribution < -0.4 is 4.72 Å². The first-order valence-corrected chi connectivity index (χ1v) is 7.92. The number of hydrogen-bond donors (Lipinski definition) is 1. The fourth-order valence-electron chi connectivity index (χ4n) is 1.67. The number of unbranched alkanes of at least 4 members (excludes halogenated alkanes) is 1. The molecule has 8 heteroatoms. The van der Waals surface area contributed by atoms with E-state index in [0.717, 1.165) is 7.11 Å². The highest BCUT2D eigenvalue weighted by molar-refractivity contribution is 7.84. The van der Waals surface area contributed by atoms with E-state index in [1.165, 1.54) is 0 Å². The molecule has 126 valence electrons. The quantitative estimate of drug-likeness (QED) is 0.730. The molecule has 0 fully saturated rings. The van der Waals surface area contributed by atoms with Crippen LogP contribution in [0.5, 0.6) is 0 Å². The number of alkyl halides is 3. The molecule has 1 N–H and O–H groups in total. The second-order valence-electron chi connectivity index (χ2n) is 5.79. The van der Waals surface area contributed by atoms with E-state index in [1.54, 1.807) is 20.8 Å². The minimum Gasteiger partial charge on any atom is -0.469 e. The largest absolute Gasteiger partial charge is 0.469 e. The minimum atomic E-state index is -4.69. The van der Waals surface area contributed by atoms with Gasteiger partial charge >= 0.3 is 12.1 Å². The van der Waals surface area contributed by atoms with Gasteiger partial charge in [0.05, 0.1) is 28.8 Å². The molecule has 0 aliphatic heterocycles. The second-order valence-corrected chi connectivity index (χ2v) is 7.79. The average molecular weight is 331 g/mol. The summed E-state index contributed by atoms with van der Waals surface area (Å²) in [7, 11) is -0.885. The van der Waals surface area contributed by atoms with E-state index in [9.17, 15) is 22.2 Å². The Morgan fingerprint density at radius 3 is 2.14 bits per heavy atom. The molecule has 0 heterocycles. The molecule has 0 aromatic rings. The lowest BCUT2D eigenvalue weighted by molar-refractivity contribution is -0.178. The van der Waals surface area contributed by atoms with Crippen LogP contribution in [0.4, 0.5) is 13.2 Å². The molecule has 0 aliphatic carbocycles. The van der Waals surface area contributed by atoms with E-state index in [0.29, 0.717) is 12.8 Å². The lowest BCUT2D eigenvalue weighted by Gasteiger charge is -2.30. The van der Waals surface area contributed by atoms with Crippen LogP contribution in [-0.2, 0) is 20.5 Å². The molecule has 0 rings (SSSR count). The number of esters is 1. The highest BCUT2D eigenvalue weighted by Gasteiger charge is 2.49.